The van der Waals surface area contributed by atoms with Gasteiger partial charge in [-0.25, -0.2) is 0 Å². The smallest absolute Gasteiger partial charge is 0.157 e. The fourth-order valence-corrected chi connectivity index (χ4v) is 4.33. The first-order valence-electron chi connectivity index (χ1n) is 8.66. The highest BCUT2D eigenvalue weighted by Gasteiger charge is 2.39. The van der Waals surface area contributed by atoms with Crippen molar-refractivity contribution in [2.45, 2.75) is 70.9 Å². The number of unbranched alkanes of at least 4 members (excludes halogenated alkanes) is 1. The lowest BCUT2D eigenvalue weighted by molar-refractivity contribution is 0.250. The molecule has 0 bridgehead atoms. The molecule has 0 radical (unpaired) electrons. The summed E-state index contributed by atoms with van der Waals surface area (Å²) in [6.07, 6.45) is 7.87. The van der Waals surface area contributed by atoms with Crippen molar-refractivity contribution in [3.8, 4) is 0 Å². The van der Waals surface area contributed by atoms with Crippen molar-refractivity contribution in [1.29, 1.82) is 0 Å². The fourth-order valence-electron chi connectivity index (χ4n) is 3.09. The Labute approximate surface area is 135 Å². The normalized spacial score (nSPS) is 31.5. The molecule has 1 aliphatic heterocycles. The Kier molecular flexibility index (Phi) is 6.42. The van der Waals surface area contributed by atoms with Crippen LogP contribution in [0.5, 0.6) is 0 Å². The molecule has 21 heavy (non-hydrogen) atoms. The van der Waals surface area contributed by atoms with Crippen LogP contribution in [0, 0.1) is 5.92 Å². The maximum absolute atomic E-state index is 4.78. The second kappa shape index (κ2) is 7.87. The van der Waals surface area contributed by atoms with Crippen molar-refractivity contribution in [3.05, 3.63) is 0 Å². The number of thioether (sulfide) groups is 1. The standard InChI is InChI=1S/C17H33N3S/c1-14(2)20(4)12-6-5-11-18-16-19-17(13-21-16)9-7-15(3)8-10-17/h14-15H,5-13H2,1-4H3,(H,18,19). The zero-order chi connectivity index (χ0) is 15.3. The molecule has 0 aromatic rings. The zero-order valence-electron chi connectivity index (χ0n) is 14.3. The summed E-state index contributed by atoms with van der Waals surface area (Å²) in [6.45, 7) is 9.06. The van der Waals surface area contributed by atoms with E-state index in [0.29, 0.717) is 11.6 Å². The minimum atomic E-state index is 0.383. The van der Waals surface area contributed by atoms with E-state index in [-0.39, 0.29) is 0 Å². The van der Waals surface area contributed by atoms with Crippen LogP contribution in [-0.4, -0.2) is 47.5 Å². The Balaban J connectivity index is 1.65. The summed E-state index contributed by atoms with van der Waals surface area (Å²) in [5.74, 6) is 2.15. The molecule has 1 saturated carbocycles. The van der Waals surface area contributed by atoms with E-state index in [1.54, 1.807) is 0 Å². The molecule has 1 N–H and O–H groups in total. The Morgan fingerprint density at radius 1 is 1.33 bits per heavy atom. The highest BCUT2D eigenvalue weighted by molar-refractivity contribution is 8.14. The number of amidine groups is 1. The van der Waals surface area contributed by atoms with Gasteiger partial charge in [0.1, 0.15) is 0 Å². The number of rotatable bonds is 6. The van der Waals surface area contributed by atoms with Gasteiger partial charge in [0.25, 0.3) is 0 Å². The number of hydrogen-bond donors (Lipinski definition) is 1. The molecular formula is C17H33N3S. The maximum Gasteiger partial charge on any atom is 0.157 e. The molecule has 1 saturated heterocycles. The lowest BCUT2D eigenvalue weighted by atomic mass is 9.78. The van der Waals surface area contributed by atoms with Gasteiger partial charge in [-0.1, -0.05) is 18.7 Å². The van der Waals surface area contributed by atoms with Gasteiger partial charge in [-0.2, -0.15) is 0 Å². The van der Waals surface area contributed by atoms with Crippen LogP contribution in [0.15, 0.2) is 4.99 Å². The molecule has 3 nitrogen and oxygen atoms in total. The second-order valence-corrected chi connectivity index (χ2v) is 8.31. The van der Waals surface area contributed by atoms with E-state index < -0.39 is 0 Å². The first kappa shape index (κ1) is 17.1. The average Bonchev–Trinajstić information content (AvgIpc) is 2.85. The summed E-state index contributed by atoms with van der Waals surface area (Å²) in [5, 5.41) is 4.96. The van der Waals surface area contributed by atoms with E-state index in [1.165, 1.54) is 56.0 Å². The molecule has 1 spiro atoms. The quantitative estimate of drug-likeness (QED) is 0.757. The molecule has 2 fully saturated rings. The summed E-state index contributed by atoms with van der Waals surface area (Å²) in [7, 11) is 2.21. The maximum atomic E-state index is 4.78. The molecule has 0 aromatic heterocycles. The summed E-state index contributed by atoms with van der Waals surface area (Å²) in [4.78, 5) is 7.19. The van der Waals surface area contributed by atoms with Crippen molar-refractivity contribution in [2.75, 3.05) is 25.9 Å². The SMILES string of the molecule is CC1CCC2(CC1)CSC(=NCCCCN(C)C(C)C)N2. The van der Waals surface area contributed by atoms with Crippen molar-refractivity contribution in [2.24, 2.45) is 10.9 Å². The van der Waals surface area contributed by atoms with Gasteiger partial charge >= 0.3 is 0 Å². The van der Waals surface area contributed by atoms with Crippen LogP contribution in [0.2, 0.25) is 0 Å². The predicted octanol–water partition coefficient (Wildman–Crippen LogP) is 3.75. The first-order chi connectivity index (χ1) is 10.0. The largest absolute Gasteiger partial charge is 0.359 e. The highest BCUT2D eigenvalue weighted by Crippen LogP contribution is 2.38. The lowest BCUT2D eigenvalue weighted by Crippen LogP contribution is -2.46. The number of nitrogens with zero attached hydrogens (tertiary/aromatic N) is 2. The molecule has 0 unspecified atom stereocenters. The number of nitrogens with one attached hydrogen (secondary N) is 1. The molecule has 4 heteroatoms. The van der Waals surface area contributed by atoms with Crippen LogP contribution in [0.3, 0.4) is 0 Å². The summed E-state index contributed by atoms with van der Waals surface area (Å²) >= 11 is 1.95. The highest BCUT2D eigenvalue weighted by atomic mass is 32.2. The third-order valence-corrected chi connectivity index (χ3v) is 6.35. The monoisotopic (exact) mass is 311 g/mol. The molecular weight excluding hydrogens is 278 g/mol. The van der Waals surface area contributed by atoms with Gasteiger partial charge < -0.3 is 10.2 Å². The minimum absolute atomic E-state index is 0.383. The van der Waals surface area contributed by atoms with Gasteiger partial charge in [0, 0.05) is 23.9 Å². The Bertz CT molecular complexity index is 346. The molecule has 0 aromatic carbocycles. The van der Waals surface area contributed by atoms with Gasteiger partial charge in [0.05, 0.1) is 0 Å². The number of hydrogen-bond acceptors (Lipinski definition) is 3. The van der Waals surface area contributed by atoms with Crippen LogP contribution in [-0.2, 0) is 0 Å². The van der Waals surface area contributed by atoms with E-state index in [2.05, 4.69) is 38.0 Å². The predicted molar refractivity (Wildman–Crippen MR) is 95.3 cm³/mol. The minimum Gasteiger partial charge on any atom is -0.359 e. The molecule has 122 valence electrons. The first-order valence-corrected chi connectivity index (χ1v) is 9.65. The van der Waals surface area contributed by atoms with Gasteiger partial charge in [0.2, 0.25) is 0 Å². The van der Waals surface area contributed by atoms with E-state index in [9.17, 15) is 0 Å². The van der Waals surface area contributed by atoms with Crippen LogP contribution in [0.1, 0.15) is 59.3 Å². The van der Waals surface area contributed by atoms with Gasteiger partial charge in [-0.3, -0.25) is 4.99 Å². The third-order valence-electron chi connectivity index (χ3n) is 5.14. The van der Waals surface area contributed by atoms with Gasteiger partial charge in [-0.05, 0) is 71.9 Å². The number of aliphatic imine (C=N–C) groups is 1. The van der Waals surface area contributed by atoms with E-state index in [4.69, 9.17) is 4.99 Å². The summed E-state index contributed by atoms with van der Waals surface area (Å²) in [5.41, 5.74) is 0.383. The second-order valence-electron chi connectivity index (χ2n) is 7.34. The summed E-state index contributed by atoms with van der Waals surface area (Å²) < 4.78 is 0. The third kappa shape index (κ3) is 5.17. The average molecular weight is 312 g/mol. The van der Waals surface area contributed by atoms with Crippen LogP contribution in [0.25, 0.3) is 0 Å². The van der Waals surface area contributed by atoms with Crippen molar-refractivity contribution >= 4 is 16.9 Å². The van der Waals surface area contributed by atoms with Gasteiger partial charge in [-0.15, -0.1) is 0 Å². The molecule has 0 amide bonds. The van der Waals surface area contributed by atoms with E-state index in [0.717, 1.165) is 12.5 Å². The molecule has 0 atom stereocenters. The Morgan fingerprint density at radius 2 is 2.05 bits per heavy atom. The summed E-state index contributed by atoms with van der Waals surface area (Å²) in [6, 6.07) is 0.650. The fraction of sp³-hybridized carbons (Fsp3) is 0.941. The van der Waals surface area contributed by atoms with Crippen LogP contribution in [0.4, 0.5) is 0 Å². The van der Waals surface area contributed by atoms with Crippen LogP contribution < -0.4 is 5.32 Å². The molecule has 2 rings (SSSR count). The van der Waals surface area contributed by atoms with E-state index >= 15 is 0 Å². The van der Waals surface area contributed by atoms with E-state index in [1.807, 2.05) is 11.8 Å². The van der Waals surface area contributed by atoms with Crippen molar-refractivity contribution in [3.63, 3.8) is 0 Å². The Hall–Kier alpha value is -0.220. The molecule has 1 heterocycles. The topological polar surface area (TPSA) is 27.6 Å². The zero-order valence-corrected chi connectivity index (χ0v) is 15.1. The van der Waals surface area contributed by atoms with Crippen molar-refractivity contribution in [1.82, 2.24) is 10.2 Å². The molecule has 2 aliphatic rings. The van der Waals surface area contributed by atoms with Crippen LogP contribution >= 0.6 is 11.8 Å². The van der Waals surface area contributed by atoms with Gasteiger partial charge in [0.15, 0.2) is 5.17 Å². The lowest BCUT2D eigenvalue weighted by Gasteiger charge is -2.35. The Morgan fingerprint density at radius 3 is 2.71 bits per heavy atom. The molecule has 1 aliphatic carbocycles. The van der Waals surface area contributed by atoms with Crippen molar-refractivity contribution < 1.29 is 0 Å².